The first-order valence-electron chi connectivity index (χ1n) is 6.75. The minimum Gasteiger partial charge on any atom is -0.383 e. The molecule has 0 atom stereocenters. The Kier molecular flexibility index (Phi) is 4.36. The molecule has 3 N–H and O–H groups in total. The van der Waals surface area contributed by atoms with Gasteiger partial charge in [0.1, 0.15) is 18.0 Å². The summed E-state index contributed by atoms with van der Waals surface area (Å²) in [4.78, 5) is 10.8. The summed E-state index contributed by atoms with van der Waals surface area (Å²) in [6.45, 7) is 4.43. The van der Waals surface area contributed by atoms with Crippen LogP contribution in [0, 0.1) is 0 Å². The highest BCUT2D eigenvalue weighted by atomic mass is 15.1. The number of hydrogen-bond donors (Lipinski definition) is 2. The predicted molar refractivity (Wildman–Crippen MR) is 74.6 cm³/mol. The number of nitrogens with zero attached hydrogens (tertiary/aromatic N) is 3. The van der Waals surface area contributed by atoms with E-state index in [1.54, 1.807) is 6.33 Å². The minimum absolute atomic E-state index is 0.506. The number of rotatable bonds is 4. The number of aromatic nitrogens is 2. The summed E-state index contributed by atoms with van der Waals surface area (Å²) in [5, 5.41) is 3.54. The fourth-order valence-electron chi connectivity index (χ4n) is 2.39. The van der Waals surface area contributed by atoms with Crippen molar-refractivity contribution in [1.82, 2.24) is 14.9 Å². The smallest absolute Gasteiger partial charge is 0.134 e. The van der Waals surface area contributed by atoms with Gasteiger partial charge in [0.05, 0.1) is 0 Å². The van der Waals surface area contributed by atoms with Crippen LogP contribution in [-0.2, 0) is 6.42 Å². The Hall–Kier alpha value is -1.36. The molecule has 0 aliphatic carbocycles. The van der Waals surface area contributed by atoms with Gasteiger partial charge in [0, 0.05) is 11.6 Å². The minimum atomic E-state index is 0.506. The molecular formula is C13H23N5. The molecule has 100 valence electrons. The molecule has 0 spiro atoms. The molecule has 0 unspecified atom stereocenters. The SMILES string of the molecule is CCCc1c(N)ncnc1NC1CCN(C)CC1. The van der Waals surface area contributed by atoms with Crippen LogP contribution in [0.25, 0.3) is 0 Å². The van der Waals surface area contributed by atoms with Crippen molar-refractivity contribution < 1.29 is 0 Å². The lowest BCUT2D eigenvalue weighted by Crippen LogP contribution is -2.37. The van der Waals surface area contributed by atoms with Gasteiger partial charge in [-0.3, -0.25) is 0 Å². The first-order chi connectivity index (χ1) is 8.70. The molecule has 0 saturated carbocycles. The summed E-state index contributed by atoms with van der Waals surface area (Å²) in [7, 11) is 2.17. The summed E-state index contributed by atoms with van der Waals surface area (Å²) in [6, 6.07) is 0.506. The van der Waals surface area contributed by atoms with E-state index in [4.69, 9.17) is 5.73 Å². The zero-order chi connectivity index (χ0) is 13.0. The van der Waals surface area contributed by atoms with E-state index in [1.807, 2.05) is 0 Å². The van der Waals surface area contributed by atoms with E-state index < -0.39 is 0 Å². The average molecular weight is 249 g/mol. The highest BCUT2D eigenvalue weighted by Gasteiger charge is 2.18. The number of nitrogens with one attached hydrogen (secondary N) is 1. The second-order valence-electron chi connectivity index (χ2n) is 5.06. The number of anilines is 2. The number of nitrogens with two attached hydrogens (primary N) is 1. The average Bonchev–Trinajstić information content (AvgIpc) is 2.36. The van der Waals surface area contributed by atoms with Crippen molar-refractivity contribution in [3.63, 3.8) is 0 Å². The van der Waals surface area contributed by atoms with Crippen molar-refractivity contribution in [2.75, 3.05) is 31.2 Å². The van der Waals surface area contributed by atoms with Crippen LogP contribution in [0.1, 0.15) is 31.7 Å². The predicted octanol–water partition coefficient (Wildman–Crippen LogP) is 1.52. The van der Waals surface area contributed by atoms with Gasteiger partial charge >= 0.3 is 0 Å². The van der Waals surface area contributed by atoms with Gasteiger partial charge in [-0.2, -0.15) is 0 Å². The van der Waals surface area contributed by atoms with Crippen LogP contribution in [0.2, 0.25) is 0 Å². The van der Waals surface area contributed by atoms with Crippen LogP contribution in [-0.4, -0.2) is 41.0 Å². The molecule has 1 aromatic heterocycles. The third kappa shape index (κ3) is 3.10. The zero-order valence-corrected chi connectivity index (χ0v) is 11.3. The maximum atomic E-state index is 5.94. The fraction of sp³-hybridized carbons (Fsp3) is 0.692. The van der Waals surface area contributed by atoms with Crippen molar-refractivity contribution in [1.29, 1.82) is 0 Å². The monoisotopic (exact) mass is 249 g/mol. The lowest BCUT2D eigenvalue weighted by atomic mass is 10.0. The number of likely N-dealkylation sites (tertiary alicyclic amines) is 1. The van der Waals surface area contributed by atoms with Crippen molar-refractivity contribution in [3.05, 3.63) is 11.9 Å². The quantitative estimate of drug-likeness (QED) is 0.847. The highest BCUT2D eigenvalue weighted by Crippen LogP contribution is 2.22. The molecule has 2 heterocycles. The summed E-state index contributed by atoms with van der Waals surface area (Å²) in [6.07, 6.45) is 5.85. The maximum Gasteiger partial charge on any atom is 0.134 e. The van der Waals surface area contributed by atoms with Crippen LogP contribution in [0.3, 0.4) is 0 Å². The van der Waals surface area contributed by atoms with Gasteiger partial charge in [-0.05, 0) is 39.4 Å². The lowest BCUT2D eigenvalue weighted by molar-refractivity contribution is 0.263. The Labute approximate surface area is 109 Å². The summed E-state index contributed by atoms with van der Waals surface area (Å²) < 4.78 is 0. The second kappa shape index (κ2) is 6.00. The van der Waals surface area contributed by atoms with Crippen LogP contribution >= 0.6 is 0 Å². The molecule has 0 aromatic carbocycles. The largest absolute Gasteiger partial charge is 0.383 e. The molecule has 5 nitrogen and oxygen atoms in total. The van der Waals surface area contributed by atoms with E-state index >= 15 is 0 Å². The molecule has 1 aliphatic heterocycles. The number of piperidine rings is 1. The van der Waals surface area contributed by atoms with Crippen LogP contribution < -0.4 is 11.1 Å². The lowest BCUT2D eigenvalue weighted by Gasteiger charge is -2.30. The first-order valence-corrected chi connectivity index (χ1v) is 6.75. The molecule has 1 fully saturated rings. The van der Waals surface area contributed by atoms with E-state index in [1.165, 1.54) is 0 Å². The summed E-state index contributed by atoms with van der Waals surface area (Å²) in [5.74, 6) is 1.54. The maximum absolute atomic E-state index is 5.94. The van der Waals surface area contributed by atoms with Crippen LogP contribution in [0.5, 0.6) is 0 Å². The van der Waals surface area contributed by atoms with E-state index in [0.29, 0.717) is 11.9 Å². The fourth-order valence-corrected chi connectivity index (χ4v) is 2.39. The molecular weight excluding hydrogens is 226 g/mol. The Balaban J connectivity index is 2.06. The van der Waals surface area contributed by atoms with Gasteiger partial charge in [-0.15, -0.1) is 0 Å². The highest BCUT2D eigenvalue weighted by molar-refractivity contribution is 5.55. The van der Waals surface area contributed by atoms with Crippen LogP contribution in [0.4, 0.5) is 11.6 Å². The zero-order valence-electron chi connectivity index (χ0n) is 11.3. The van der Waals surface area contributed by atoms with E-state index in [2.05, 4.69) is 34.2 Å². The van der Waals surface area contributed by atoms with Gasteiger partial charge in [-0.1, -0.05) is 13.3 Å². The van der Waals surface area contributed by atoms with E-state index in [-0.39, 0.29) is 0 Å². The number of nitrogen functional groups attached to an aromatic ring is 1. The van der Waals surface area contributed by atoms with Gasteiger partial charge in [0.15, 0.2) is 0 Å². The Bertz CT molecular complexity index is 385. The van der Waals surface area contributed by atoms with Gasteiger partial charge in [0.2, 0.25) is 0 Å². The molecule has 1 aromatic rings. The third-order valence-electron chi connectivity index (χ3n) is 3.54. The topological polar surface area (TPSA) is 67.1 Å². The van der Waals surface area contributed by atoms with E-state index in [0.717, 1.165) is 50.2 Å². The summed E-state index contributed by atoms with van der Waals surface area (Å²) in [5.41, 5.74) is 7.00. The molecule has 18 heavy (non-hydrogen) atoms. The Morgan fingerprint density at radius 1 is 1.39 bits per heavy atom. The standard InChI is InChI=1S/C13H23N5/c1-3-4-11-12(14)15-9-16-13(11)17-10-5-7-18(2)8-6-10/h9-10H,3-8H2,1-2H3,(H3,14,15,16,17). The molecule has 2 rings (SSSR count). The molecule has 0 bridgehead atoms. The van der Waals surface area contributed by atoms with Gasteiger partial charge in [-0.25, -0.2) is 9.97 Å². The van der Waals surface area contributed by atoms with E-state index in [9.17, 15) is 0 Å². The third-order valence-corrected chi connectivity index (χ3v) is 3.54. The van der Waals surface area contributed by atoms with Crippen molar-refractivity contribution in [3.8, 4) is 0 Å². The van der Waals surface area contributed by atoms with Gasteiger partial charge < -0.3 is 16.0 Å². The second-order valence-corrected chi connectivity index (χ2v) is 5.06. The number of hydrogen-bond acceptors (Lipinski definition) is 5. The van der Waals surface area contributed by atoms with Crippen molar-refractivity contribution in [2.45, 2.75) is 38.6 Å². The molecule has 1 saturated heterocycles. The Morgan fingerprint density at radius 3 is 2.78 bits per heavy atom. The van der Waals surface area contributed by atoms with Crippen molar-refractivity contribution >= 4 is 11.6 Å². The normalized spacial score (nSPS) is 17.9. The van der Waals surface area contributed by atoms with Gasteiger partial charge in [0.25, 0.3) is 0 Å². The van der Waals surface area contributed by atoms with Crippen LogP contribution in [0.15, 0.2) is 6.33 Å². The summed E-state index contributed by atoms with van der Waals surface area (Å²) >= 11 is 0. The molecule has 1 aliphatic rings. The Morgan fingerprint density at radius 2 is 2.11 bits per heavy atom. The molecule has 0 amide bonds. The molecule has 0 radical (unpaired) electrons. The van der Waals surface area contributed by atoms with Crippen molar-refractivity contribution in [2.24, 2.45) is 0 Å². The molecule has 5 heteroatoms. The first kappa shape index (κ1) is 13.1.